The van der Waals surface area contributed by atoms with Crippen LogP contribution in [0.3, 0.4) is 0 Å². The molecule has 1 rings (SSSR count). The number of phenols is 1. The minimum atomic E-state index is -0.371. The molecule has 130 valence electrons. The third-order valence-corrected chi connectivity index (χ3v) is 3.56. The zero-order chi connectivity index (χ0) is 18.3. The van der Waals surface area contributed by atoms with Gasteiger partial charge in [0.25, 0.3) is 0 Å². The summed E-state index contributed by atoms with van der Waals surface area (Å²) in [7, 11) is 1.45. The van der Waals surface area contributed by atoms with Crippen LogP contribution in [0.1, 0.15) is 48.7 Å². The normalized spacial score (nSPS) is 11.1. The Morgan fingerprint density at radius 1 is 1.29 bits per heavy atom. The Balaban J connectivity index is 3.10. The van der Waals surface area contributed by atoms with Crippen LogP contribution in [0.4, 0.5) is 0 Å². The fraction of sp³-hybridized carbons (Fsp3) is 0.368. The topological polar surface area (TPSA) is 83.8 Å². The van der Waals surface area contributed by atoms with E-state index in [4.69, 9.17) is 4.74 Å². The van der Waals surface area contributed by atoms with E-state index in [0.717, 1.165) is 11.1 Å². The number of carbonyl (C=O) groups is 2. The zero-order valence-corrected chi connectivity index (χ0v) is 14.5. The molecule has 0 amide bonds. The number of hydrogen-bond acceptors (Lipinski definition) is 5. The van der Waals surface area contributed by atoms with E-state index in [0.29, 0.717) is 36.0 Å². The Labute approximate surface area is 142 Å². The first-order valence-electron chi connectivity index (χ1n) is 7.65. The highest BCUT2D eigenvalue weighted by atomic mass is 16.5. The van der Waals surface area contributed by atoms with Crippen LogP contribution in [0.2, 0.25) is 0 Å². The summed E-state index contributed by atoms with van der Waals surface area (Å²) < 4.78 is 5.24. The molecule has 0 aromatic heterocycles. The molecule has 0 aliphatic heterocycles. The van der Waals surface area contributed by atoms with Crippen molar-refractivity contribution in [2.45, 2.75) is 40.2 Å². The van der Waals surface area contributed by atoms with Crippen molar-refractivity contribution in [3.8, 4) is 11.5 Å². The number of phenolic OH excluding ortho intramolecular Hbond substituents is 1. The van der Waals surface area contributed by atoms with Gasteiger partial charge in [0.2, 0.25) is 0 Å². The first-order chi connectivity index (χ1) is 11.3. The number of aldehydes is 1. The highest BCUT2D eigenvalue weighted by molar-refractivity contribution is 5.91. The van der Waals surface area contributed by atoms with Gasteiger partial charge in [-0.05, 0) is 44.9 Å². The van der Waals surface area contributed by atoms with Crippen LogP contribution in [-0.4, -0.2) is 29.4 Å². The SMILES string of the molecule is COc1cc(CO)c(C=O)c(O)c1C/C=C(\C)CC(=O)C=C(C)C. The first kappa shape index (κ1) is 19.6. The van der Waals surface area contributed by atoms with Crippen molar-refractivity contribution in [1.82, 2.24) is 0 Å². The summed E-state index contributed by atoms with van der Waals surface area (Å²) >= 11 is 0. The maximum Gasteiger partial charge on any atom is 0.159 e. The van der Waals surface area contributed by atoms with Crippen molar-refractivity contribution in [1.29, 1.82) is 0 Å². The van der Waals surface area contributed by atoms with Crippen molar-refractivity contribution in [3.05, 3.63) is 46.1 Å². The standard InChI is InChI=1S/C19H24O5/c1-12(2)7-15(22)8-13(3)5-6-16-18(24-4)9-14(10-20)17(11-21)19(16)23/h5,7,9,11,20,23H,6,8,10H2,1-4H3/b13-5+. The van der Waals surface area contributed by atoms with Crippen LogP contribution in [-0.2, 0) is 17.8 Å². The smallest absolute Gasteiger partial charge is 0.159 e. The molecular weight excluding hydrogens is 308 g/mol. The Hall–Kier alpha value is -2.40. The van der Waals surface area contributed by atoms with E-state index in [9.17, 15) is 19.8 Å². The minimum absolute atomic E-state index is 0.0177. The van der Waals surface area contributed by atoms with E-state index >= 15 is 0 Å². The van der Waals surface area contributed by atoms with Gasteiger partial charge in [-0.2, -0.15) is 0 Å². The Kier molecular flexibility index (Phi) is 7.39. The average molecular weight is 332 g/mol. The van der Waals surface area contributed by atoms with Crippen molar-refractivity contribution in [3.63, 3.8) is 0 Å². The van der Waals surface area contributed by atoms with Gasteiger partial charge in [-0.15, -0.1) is 0 Å². The van der Waals surface area contributed by atoms with E-state index in [2.05, 4.69) is 0 Å². The third-order valence-electron chi connectivity index (χ3n) is 3.56. The van der Waals surface area contributed by atoms with Crippen LogP contribution in [0.25, 0.3) is 0 Å². The quantitative estimate of drug-likeness (QED) is 0.434. The molecule has 1 aromatic rings. The summed E-state index contributed by atoms with van der Waals surface area (Å²) in [5.74, 6) is 0.207. The lowest BCUT2D eigenvalue weighted by Gasteiger charge is -2.14. The molecule has 0 atom stereocenters. The fourth-order valence-corrected chi connectivity index (χ4v) is 2.39. The molecule has 0 aliphatic rings. The van der Waals surface area contributed by atoms with Gasteiger partial charge in [-0.1, -0.05) is 17.2 Å². The van der Waals surface area contributed by atoms with E-state index in [1.54, 1.807) is 6.08 Å². The van der Waals surface area contributed by atoms with Gasteiger partial charge in [-0.3, -0.25) is 9.59 Å². The summed E-state index contributed by atoms with van der Waals surface area (Å²) in [5, 5.41) is 19.6. The molecule has 0 saturated heterocycles. The van der Waals surface area contributed by atoms with Crippen molar-refractivity contribution < 1.29 is 24.5 Å². The number of allylic oxidation sites excluding steroid dienone is 4. The molecule has 0 aliphatic carbocycles. The number of aromatic hydroxyl groups is 1. The molecular formula is C19H24O5. The second kappa shape index (κ2) is 9.03. The number of aliphatic hydroxyl groups excluding tert-OH is 1. The molecule has 24 heavy (non-hydrogen) atoms. The Morgan fingerprint density at radius 3 is 2.46 bits per heavy atom. The molecule has 5 heteroatoms. The maximum absolute atomic E-state index is 11.8. The summed E-state index contributed by atoms with van der Waals surface area (Å²) in [5.41, 5.74) is 2.62. The number of rotatable bonds is 8. The third kappa shape index (κ3) is 5.06. The van der Waals surface area contributed by atoms with Gasteiger partial charge >= 0.3 is 0 Å². The molecule has 0 unspecified atom stereocenters. The Morgan fingerprint density at radius 2 is 1.96 bits per heavy atom. The number of aliphatic hydroxyl groups is 1. The monoisotopic (exact) mass is 332 g/mol. The Bertz CT molecular complexity index is 679. The predicted octanol–water partition coefficient (Wildman–Crippen LogP) is 3.12. The second-order valence-corrected chi connectivity index (χ2v) is 5.87. The highest BCUT2D eigenvalue weighted by Crippen LogP contribution is 2.34. The van der Waals surface area contributed by atoms with Crippen LogP contribution in [0.5, 0.6) is 11.5 Å². The fourth-order valence-electron chi connectivity index (χ4n) is 2.39. The van der Waals surface area contributed by atoms with Crippen LogP contribution < -0.4 is 4.74 Å². The van der Waals surface area contributed by atoms with Gasteiger partial charge in [-0.25, -0.2) is 0 Å². The summed E-state index contributed by atoms with van der Waals surface area (Å²) in [6.45, 7) is 5.19. The number of hydrogen-bond donors (Lipinski definition) is 2. The molecule has 5 nitrogen and oxygen atoms in total. The molecule has 0 radical (unpaired) electrons. The molecule has 2 N–H and O–H groups in total. The lowest BCUT2D eigenvalue weighted by molar-refractivity contribution is -0.114. The molecule has 1 aromatic carbocycles. The first-order valence-corrected chi connectivity index (χ1v) is 7.65. The van der Waals surface area contributed by atoms with E-state index in [-0.39, 0.29) is 23.7 Å². The molecule has 0 heterocycles. The minimum Gasteiger partial charge on any atom is -0.507 e. The summed E-state index contributed by atoms with van der Waals surface area (Å²) in [6.07, 6.45) is 4.54. The van der Waals surface area contributed by atoms with Crippen LogP contribution in [0.15, 0.2) is 29.4 Å². The number of ether oxygens (including phenoxy) is 1. The van der Waals surface area contributed by atoms with Gasteiger partial charge in [0.15, 0.2) is 12.1 Å². The largest absolute Gasteiger partial charge is 0.507 e. The molecule has 0 bridgehead atoms. The van der Waals surface area contributed by atoms with Crippen LogP contribution >= 0.6 is 0 Å². The highest BCUT2D eigenvalue weighted by Gasteiger charge is 2.17. The molecule has 0 fully saturated rings. The maximum atomic E-state index is 11.8. The van der Waals surface area contributed by atoms with E-state index in [1.807, 2.05) is 26.8 Å². The van der Waals surface area contributed by atoms with Crippen molar-refractivity contribution in [2.24, 2.45) is 0 Å². The summed E-state index contributed by atoms with van der Waals surface area (Å²) in [6, 6.07) is 1.54. The zero-order valence-electron chi connectivity index (χ0n) is 14.5. The van der Waals surface area contributed by atoms with Gasteiger partial charge in [0.05, 0.1) is 19.3 Å². The predicted molar refractivity (Wildman–Crippen MR) is 92.5 cm³/mol. The van der Waals surface area contributed by atoms with Crippen molar-refractivity contribution >= 4 is 12.1 Å². The van der Waals surface area contributed by atoms with Crippen molar-refractivity contribution in [2.75, 3.05) is 7.11 Å². The van der Waals surface area contributed by atoms with E-state index in [1.165, 1.54) is 13.2 Å². The van der Waals surface area contributed by atoms with Gasteiger partial charge in [0.1, 0.15) is 11.5 Å². The lowest BCUT2D eigenvalue weighted by atomic mass is 9.98. The summed E-state index contributed by atoms with van der Waals surface area (Å²) in [4.78, 5) is 23.0. The molecule has 0 spiro atoms. The van der Waals surface area contributed by atoms with Gasteiger partial charge in [0, 0.05) is 12.0 Å². The number of methoxy groups -OCH3 is 1. The number of ketones is 1. The lowest BCUT2D eigenvalue weighted by Crippen LogP contribution is -2.01. The average Bonchev–Trinajstić information content (AvgIpc) is 2.51. The van der Waals surface area contributed by atoms with Gasteiger partial charge < -0.3 is 14.9 Å². The molecule has 0 saturated carbocycles. The van der Waals surface area contributed by atoms with E-state index < -0.39 is 0 Å². The second-order valence-electron chi connectivity index (χ2n) is 5.87. The number of carbonyl (C=O) groups excluding carboxylic acids is 2. The van der Waals surface area contributed by atoms with Crippen LogP contribution in [0, 0.1) is 0 Å². The number of benzene rings is 1.